The fraction of sp³-hybridized carbons (Fsp3) is 0.270. The number of amides is 1. The van der Waals surface area contributed by atoms with Crippen LogP contribution >= 0.6 is 23.2 Å². The molecule has 1 fully saturated rings. The summed E-state index contributed by atoms with van der Waals surface area (Å²) in [7, 11) is 1.54. The fourth-order valence-corrected chi connectivity index (χ4v) is 6.74. The molecule has 2 atom stereocenters. The zero-order valence-electron chi connectivity index (χ0n) is 26.9. The van der Waals surface area contributed by atoms with Crippen LogP contribution in [0.25, 0.3) is 33.2 Å². The van der Waals surface area contributed by atoms with Crippen molar-refractivity contribution < 1.29 is 24.5 Å². The van der Waals surface area contributed by atoms with E-state index in [-0.39, 0.29) is 18.5 Å². The van der Waals surface area contributed by atoms with Gasteiger partial charge in [-0.2, -0.15) is 5.10 Å². The normalized spacial score (nSPS) is 15.0. The first-order valence-corrected chi connectivity index (χ1v) is 16.8. The summed E-state index contributed by atoms with van der Waals surface area (Å²) in [6.07, 6.45) is 3.30. The van der Waals surface area contributed by atoms with Crippen molar-refractivity contribution in [2.75, 3.05) is 20.3 Å². The number of halogens is 2. The summed E-state index contributed by atoms with van der Waals surface area (Å²) < 4.78 is 7.46. The molecule has 0 radical (unpaired) electrons. The van der Waals surface area contributed by atoms with Crippen molar-refractivity contribution in [2.45, 2.75) is 44.6 Å². The lowest BCUT2D eigenvalue weighted by atomic mass is 9.96. The Kier molecular flexibility index (Phi) is 10.8. The lowest BCUT2D eigenvalue weighted by Crippen LogP contribution is -2.39. The molecule has 5 N–H and O–H groups in total. The van der Waals surface area contributed by atoms with Gasteiger partial charge in [-0.25, -0.2) is 0 Å². The summed E-state index contributed by atoms with van der Waals surface area (Å²) in [5.41, 5.74) is 7.29. The number of nitrogens with one attached hydrogen (secondary N) is 3. The average molecular weight is 703 g/mol. The summed E-state index contributed by atoms with van der Waals surface area (Å²) in [4.78, 5) is 22.7. The van der Waals surface area contributed by atoms with Gasteiger partial charge in [0.1, 0.15) is 11.8 Å². The van der Waals surface area contributed by atoms with Gasteiger partial charge in [-0.05, 0) is 46.9 Å². The maximum Gasteiger partial charge on any atom is 0.323 e. The molecule has 0 unspecified atom stereocenters. The number of aromatic nitrogens is 2. The molecule has 1 aliphatic rings. The van der Waals surface area contributed by atoms with E-state index in [0.29, 0.717) is 40.9 Å². The Hall–Kier alpha value is -4.45. The zero-order chi connectivity index (χ0) is 34.5. The maximum atomic E-state index is 11.4. The highest BCUT2D eigenvalue weighted by molar-refractivity contribution is 6.36. The first-order chi connectivity index (χ1) is 23.7. The minimum absolute atomic E-state index is 0.123. The Morgan fingerprint density at radius 2 is 1.80 bits per heavy atom. The number of ether oxygens (including phenoxy) is 1. The third kappa shape index (κ3) is 7.74. The molecule has 10 nitrogen and oxygen atoms in total. The Morgan fingerprint density at radius 1 is 1.04 bits per heavy atom. The third-order valence-electron chi connectivity index (χ3n) is 8.84. The molecule has 0 bridgehead atoms. The van der Waals surface area contributed by atoms with Crippen LogP contribution in [-0.2, 0) is 29.2 Å². The molecule has 1 aromatic heterocycles. The summed E-state index contributed by atoms with van der Waals surface area (Å²) >= 11 is 13.8. The quantitative estimate of drug-likeness (QED) is 0.100. The van der Waals surface area contributed by atoms with Gasteiger partial charge in [0.15, 0.2) is 0 Å². The molecule has 1 aliphatic heterocycles. The SMILES string of the molecule is COc1cc(Cn2ncc3c(-c4cccc(-c5ccc(CNC[C@@H]6CCC(=O)N6)cc5)c4Cl)cccc32)c(Cl)cc1CN[C@@H](CO)C(=O)O. The summed E-state index contributed by atoms with van der Waals surface area (Å²) in [5, 5.41) is 34.6. The lowest BCUT2D eigenvalue weighted by molar-refractivity contribution is -0.140. The topological polar surface area (TPSA) is 138 Å². The molecule has 12 heteroatoms. The number of carboxylic acid groups (broad SMARTS) is 1. The number of aliphatic carboxylic acids is 1. The van der Waals surface area contributed by atoms with Gasteiger partial charge in [0.05, 0.1) is 37.0 Å². The van der Waals surface area contributed by atoms with E-state index in [2.05, 4.69) is 40.2 Å². The Morgan fingerprint density at radius 3 is 2.51 bits per heavy atom. The highest BCUT2D eigenvalue weighted by atomic mass is 35.5. The van der Waals surface area contributed by atoms with Gasteiger partial charge >= 0.3 is 5.97 Å². The number of benzene rings is 4. The number of fused-ring (bicyclic) bond motifs is 1. The van der Waals surface area contributed by atoms with Crippen LogP contribution in [0.1, 0.15) is 29.5 Å². The fourth-order valence-electron chi connectivity index (χ4n) is 6.16. The summed E-state index contributed by atoms with van der Waals surface area (Å²) in [5.74, 6) is -0.481. The zero-order valence-corrected chi connectivity index (χ0v) is 28.4. The Balaban J connectivity index is 1.20. The second-order valence-corrected chi connectivity index (χ2v) is 12.8. The lowest BCUT2D eigenvalue weighted by Gasteiger charge is -2.16. The van der Waals surface area contributed by atoms with Crippen molar-refractivity contribution in [3.8, 4) is 28.0 Å². The molecule has 5 aromatic rings. The molecule has 49 heavy (non-hydrogen) atoms. The molecular formula is C37H37Cl2N5O5. The predicted molar refractivity (Wildman–Crippen MR) is 191 cm³/mol. The smallest absolute Gasteiger partial charge is 0.323 e. The van der Waals surface area contributed by atoms with Crippen LogP contribution in [0.15, 0.2) is 79.0 Å². The van der Waals surface area contributed by atoms with Crippen molar-refractivity contribution in [3.63, 3.8) is 0 Å². The second-order valence-electron chi connectivity index (χ2n) is 12.0. The molecule has 4 aromatic carbocycles. The highest BCUT2D eigenvalue weighted by Gasteiger charge is 2.21. The van der Waals surface area contributed by atoms with Crippen LogP contribution in [0.3, 0.4) is 0 Å². The summed E-state index contributed by atoms with van der Waals surface area (Å²) in [6.45, 7) is 1.44. The van der Waals surface area contributed by atoms with Crippen LogP contribution in [0.2, 0.25) is 10.0 Å². The minimum Gasteiger partial charge on any atom is -0.496 e. The summed E-state index contributed by atoms with van der Waals surface area (Å²) in [6, 6.07) is 23.0. The highest BCUT2D eigenvalue weighted by Crippen LogP contribution is 2.39. The Bertz CT molecular complexity index is 1980. The first-order valence-electron chi connectivity index (χ1n) is 16.0. The molecule has 2 heterocycles. The number of carboxylic acids is 1. The molecular weight excluding hydrogens is 665 g/mol. The number of aliphatic hydroxyl groups excluding tert-OH is 1. The van der Waals surface area contributed by atoms with E-state index in [1.807, 2.05) is 53.3 Å². The molecule has 1 amide bonds. The minimum atomic E-state index is -1.14. The van der Waals surface area contributed by atoms with Gasteiger partial charge < -0.3 is 25.6 Å². The molecule has 6 rings (SSSR count). The number of hydrogen-bond acceptors (Lipinski definition) is 7. The van der Waals surface area contributed by atoms with E-state index in [9.17, 15) is 19.8 Å². The van der Waals surface area contributed by atoms with Gasteiger partial charge in [0.25, 0.3) is 0 Å². The Labute approximate surface area is 294 Å². The number of carbonyl (C=O) groups excluding carboxylic acids is 1. The maximum absolute atomic E-state index is 11.4. The monoisotopic (exact) mass is 701 g/mol. The predicted octanol–water partition coefficient (Wildman–Crippen LogP) is 5.64. The molecule has 254 valence electrons. The number of carbonyl (C=O) groups is 2. The number of rotatable bonds is 14. The van der Waals surface area contributed by atoms with Gasteiger partial charge in [-0.15, -0.1) is 0 Å². The van der Waals surface area contributed by atoms with Crippen molar-refractivity contribution in [3.05, 3.63) is 106 Å². The van der Waals surface area contributed by atoms with Crippen LogP contribution in [0.4, 0.5) is 0 Å². The van der Waals surface area contributed by atoms with E-state index in [0.717, 1.165) is 57.2 Å². The second kappa shape index (κ2) is 15.4. The van der Waals surface area contributed by atoms with E-state index in [1.165, 1.54) is 7.11 Å². The van der Waals surface area contributed by atoms with Crippen molar-refractivity contribution in [1.29, 1.82) is 0 Å². The molecule has 0 saturated carbocycles. The first kappa shape index (κ1) is 34.4. The van der Waals surface area contributed by atoms with Crippen LogP contribution < -0.4 is 20.7 Å². The number of nitrogens with zero attached hydrogens (tertiary/aromatic N) is 2. The van der Waals surface area contributed by atoms with Crippen LogP contribution in [0.5, 0.6) is 5.75 Å². The number of methoxy groups -OCH3 is 1. The van der Waals surface area contributed by atoms with Gasteiger partial charge in [-0.3, -0.25) is 19.6 Å². The van der Waals surface area contributed by atoms with Gasteiger partial charge in [0.2, 0.25) is 5.91 Å². The standard InChI is InChI=1S/C37H37Cl2N5O5/c1-49-34-15-25(31(38)14-24(34)17-41-32(21-45)37(47)48)20-44-33-7-3-5-28(30(33)19-42-44)29-6-2-4-27(36(29)39)23-10-8-22(9-11-23)16-40-18-26-12-13-35(46)43-26/h2-11,14-15,19,26,32,40-41,45H,12-13,16-18,20-21H2,1H3,(H,43,46)(H,47,48)/t26-,32-/m0/s1. The van der Waals surface area contributed by atoms with Crippen molar-refractivity contribution in [2.24, 2.45) is 0 Å². The van der Waals surface area contributed by atoms with Crippen LogP contribution in [-0.4, -0.2) is 64.2 Å². The van der Waals surface area contributed by atoms with Crippen molar-refractivity contribution in [1.82, 2.24) is 25.7 Å². The van der Waals surface area contributed by atoms with Gasteiger partial charge in [-0.1, -0.05) is 77.8 Å². The molecule has 1 saturated heterocycles. The largest absolute Gasteiger partial charge is 0.496 e. The van der Waals surface area contributed by atoms with E-state index in [4.69, 9.17) is 33.0 Å². The van der Waals surface area contributed by atoms with E-state index >= 15 is 0 Å². The van der Waals surface area contributed by atoms with E-state index < -0.39 is 18.6 Å². The molecule has 0 spiro atoms. The average Bonchev–Trinajstić information content (AvgIpc) is 3.72. The molecule has 0 aliphatic carbocycles. The van der Waals surface area contributed by atoms with Crippen LogP contribution in [0, 0.1) is 0 Å². The van der Waals surface area contributed by atoms with Crippen molar-refractivity contribution >= 4 is 46.0 Å². The van der Waals surface area contributed by atoms with Gasteiger partial charge in [0, 0.05) is 59.2 Å². The van der Waals surface area contributed by atoms with E-state index in [1.54, 1.807) is 6.07 Å². The third-order valence-corrected chi connectivity index (χ3v) is 9.59. The number of aliphatic hydroxyl groups is 1. The number of hydrogen-bond donors (Lipinski definition) is 5.